The quantitative estimate of drug-likeness (QED) is 0.893. The third-order valence-corrected chi connectivity index (χ3v) is 3.83. The molecule has 1 aromatic carbocycles. The van der Waals surface area contributed by atoms with Gasteiger partial charge in [-0.3, -0.25) is 4.79 Å². The lowest BCUT2D eigenvalue weighted by atomic mass is 10.1. The number of carbonyl (C=O) groups is 1. The lowest BCUT2D eigenvalue weighted by Crippen LogP contribution is -2.43. The number of rotatable bonds is 5. The van der Waals surface area contributed by atoms with E-state index in [1.165, 1.54) is 5.56 Å². The third-order valence-electron chi connectivity index (χ3n) is 3.83. The van der Waals surface area contributed by atoms with Crippen LogP contribution in [0.5, 0.6) is 0 Å². The summed E-state index contributed by atoms with van der Waals surface area (Å²) in [5.41, 5.74) is 3.21. The summed E-state index contributed by atoms with van der Waals surface area (Å²) in [6.07, 6.45) is 1.05. The van der Waals surface area contributed by atoms with Gasteiger partial charge in [0, 0.05) is 36.9 Å². The number of amides is 1. The van der Waals surface area contributed by atoms with Gasteiger partial charge in [-0.25, -0.2) is 0 Å². The maximum Gasteiger partial charge on any atom is 0.254 e. The molecule has 1 unspecified atom stereocenters. The van der Waals surface area contributed by atoms with Crippen molar-refractivity contribution in [3.63, 3.8) is 0 Å². The summed E-state index contributed by atoms with van der Waals surface area (Å²) in [5.74, 6) is 0.123. The van der Waals surface area contributed by atoms with E-state index in [0.29, 0.717) is 0 Å². The van der Waals surface area contributed by atoms with Crippen LogP contribution in [0.15, 0.2) is 18.2 Å². The van der Waals surface area contributed by atoms with Crippen molar-refractivity contribution >= 4 is 11.6 Å². The fourth-order valence-electron chi connectivity index (χ4n) is 2.87. The second kappa shape index (κ2) is 6.27. The molecule has 0 spiro atoms. The van der Waals surface area contributed by atoms with E-state index in [1.54, 1.807) is 0 Å². The Bertz CT molecular complexity index is 485. The first-order valence-electron chi connectivity index (χ1n) is 7.35. The van der Waals surface area contributed by atoms with Gasteiger partial charge in [-0.1, -0.05) is 6.07 Å². The van der Waals surface area contributed by atoms with Crippen LogP contribution in [0.25, 0.3) is 0 Å². The summed E-state index contributed by atoms with van der Waals surface area (Å²) in [6.45, 7) is 6.73. The average molecular weight is 275 g/mol. The van der Waals surface area contributed by atoms with Gasteiger partial charge in [-0.05, 0) is 52.1 Å². The van der Waals surface area contributed by atoms with Crippen LogP contribution in [-0.2, 0) is 6.42 Å². The Morgan fingerprint density at radius 3 is 2.80 bits per heavy atom. The second-order valence-electron chi connectivity index (χ2n) is 5.75. The average Bonchev–Trinajstić information content (AvgIpc) is 2.85. The van der Waals surface area contributed by atoms with E-state index < -0.39 is 0 Å². The van der Waals surface area contributed by atoms with Crippen molar-refractivity contribution in [3.05, 3.63) is 29.3 Å². The highest BCUT2D eigenvalue weighted by Gasteiger charge is 2.22. The van der Waals surface area contributed by atoms with Crippen molar-refractivity contribution in [1.29, 1.82) is 0 Å². The van der Waals surface area contributed by atoms with Crippen molar-refractivity contribution in [2.75, 3.05) is 39.0 Å². The molecule has 0 radical (unpaired) electrons. The van der Waals surface area contributed by atoms with Crippen molar-refractivity contribution in [2.45, 2.75) is 26.3 Å². The minimum absolute atomic E-state index is 0.123. The normalized spacial score (nSPS) is 14.8. The number of anilines is 1. The van der Waals surface area contributed by atoms with Gasteiger partial charge in [0.2, 0.25) is 0 Å². The molecule has 1 atom stereocenters. The topological polar surface area (TPSA) is 35.6 Å². The van der Waals surface area contributed by atoms with E-state index in [0.717, 1.165) is 37.3 Å². The molecule has 0 saturated carbocycles. The van der Waals surface area contributed by atoms with Crippen LogP contribution in [0.4, 0.5) is 5.69 Å². The summed E-state index contributed by atoms with van der Waals surface area (Å²) < 4.78 is 0. The molecule has 110 valence electrons. The summed E-state index contributed by atoms with van der Waals surface area (Å²) in [4.78, 5) is 16.7. The number of carbonyl (C=O) groups excluding carboxylic acids is 1. The summed E-state index contributed by atoms with van der Waals surface area (Å²) >= 11 is 0. The highest BCUT2D eigenvalue weighted by Crippen LogP contribution is 2.24. The molecule has 1 N–H and O–H groups in total. The van der Waals surface area contributed by atoms with Crippen molar-refractivity contribution in [2.24, 2.45) is 0 Å². The third kappa shape index (κ3) is 3.12. The van der Waals surface area contributed by atoms with Crippen molar-refractivity contribution in [1.82, 2.24) is 9.80 Å². The molecule has 1 aliphatic heterocycles. The van der Waals surface area contributed by atoms with Crippen LogP contribution in [0, 0.1) is 0 Å². The monoisotopic (exact) mass is 275 g/mol. The molecular formula is C16H25N3O. The zero-order valence-electron chi connectivity index (χ0n) is 12.9. The largest absolute Gasteiger partial charge is 0.384 e. The van der Waals surface area contributed by atoms with Crippen LogP contribution in [0.1, 0.15) is 29.8 Å². The predicted molar refractivity (Wildman–Crippen MR) is 83.4 cm³/mol. The van der Waals surface area contributed by atoms with Crippen LogP contribution in [0.3, 0.4) is 0 Å². The number of hydrogen-bond donors (Lipinski definition) is 1. The van der Waals surface area contributed by atoms with E-state index in [4.69, 9.17) is 0 Å². The fraction of sp³-hybridized carbons (Fsp3) is 0.562. The Labute approximate surface area is 121 Å². The molecule has 1 aliphatic rings. The second-order valence-corrected chi connectivity index (χ2v) is 5.75. The highest BCUT2D eigenvalue weighted by molar-refractivity contribution is 5.95. The SMILES string of the molecule is CCN(C(=O)c1ccc2c(c1)NCC2)C(C)CN(C)C. The van der Waals surface area contributed by atoms with Crippen molar-refractivity contribution in [3.8, 4) is 0 Å². The molecule has 1 amide bonds. The number of hydrogen-bond acceptors (Lipinski definition) is 3. The number of nitrogens with one attached hydrogen (secondary N) is 1. The summed E-state index contributed by atoms with van der Waals surface area (Å²) in [5, 5.41) is 3.33. The van der Waals surface area contributed by atoms with E-state index >= 15 is 0 Å². The molecule has 20 heavy (non-hydrogen) atoms. The smallest absolute Gasteiger partial charge is 0.254 e. The molecule has 0 aliphatic carbocycles. The lowest BCUT2D eigenvalue weighted by molar-refractivity contribution is 0.0679. The first-order valence-corrected chi connectivity index (χ1v) is 7.35. The number of benzene rings is 1. The van der Waals surface area contributed by atoms with Gasteiger partial charge >= 0.3 is 0 Å². The van der Waals surface area contributed by atoms with E-state index in [1.807, 2.05) is 38.1 Å². The molecule has 4 nitrogen and oxygen atoms in total. The molecule has 0 aromatic heterocycles. The van der Waals surface area contributed by atoms with Gasteiger partial charge in [-0.2, -0.15) is 0 Å². The maximum atomic E-state index is 12.7. The molecule has 0 fully saturated rings. The van der Waals surface area contributed by atoms with Gasteiger partial charge < -0.3 is 15.1 Å². The zero-order valence-corrected chi connectivity index (χ0v) is 12.9. The standard InChI is InChI=1S/C16H25N3O/c1-5-19(12(2)11-18(3)4)16(20)14-7-6-13-8-9-17-15(13)10-14/h6-7,10,12,17H,5,8-9,11H2,1-4H3. The molecule has 0 bridgehead atoms. The van der Waals surface area contributed by atoms with Crippen LogP contribution in [0.2, 0.25) is 0 Å². The minimum atomic E-state index is 0.123. The van der Waals surface area contributed by atoms with Gasteiger partial charge in [-0.15, -0.1) is 0 Å². The highest BCUT2D eigenvalue weighted by atomic mass is 16.2. The Hall–Kier alpha value is -1.55. The van der Waals surface area contributed by atoms with Gasteiger partial charge in [0.1, 0.15) is 0 Å². The van der Waals surface area contributed by atoms with Crippen LogP contribution in [-0.4, -0.2) is 55.5 Å². The molecule has 0 saturated heterocycles. The Morgan fingerprint density at radius 1 is 1.40 bits per heavy atom. The number of likely N-dealkylation sites (N-methyl/N-ethyl adjacent to an activating group) is 2. The van der Waals surface area contributed by atoms with E-state index in [9.17, 15) is 4.79 Å². The Kier molecular flexibility index (Phi) is 4.65. The fourth-order valence-corrected chi connectivity index (χ4v) is 2.87. The number of nitrogens with zero attached hydrogens (tertiary/aromatic N) is 2. The van der Waals surface area contributed by atoms with E-state index in [-0.39, 0.29) is 11.9 Å². The van der Waals surface area contributed by atoms with Crippen LogP contribution < -0.4 is 5.32 Å². The molecular weight excluding hydrogens is 250 g/mol. The zero-order chi connectivity index (χ0) is 14.7. The lowest BCUT2D eigenvalue weighted by Gasteiger charge is -2.30. The summed E-state index contributed by atoms with van der Waals surface area (Å²) in [7, 11) is 4.07. The molecule has 4 heteroatoms. The van der Waals surface area contributed by atoms with Crippen molar-refractivity contribution < 1.29 is 4.79 Å². The predicted octanol–water partition coefficient (Wildman–Crippen LogP) is 2.07. The first kappa shape index (κ1) is 14.9. The molecule has 2 rings (SSSR count). The molecule has 1 heterocycles. The number of fused-ring (bicyclic) bond motifs is 1. The van der Waals surface area contributed by atoms with Crippen LogP contribution >= 0.6 is 0 Å². The summed E-state index contributed by atoms with van der Waals surface area (Å²) in [6, 6.07) is 6.24. The maximum absolute atomic E-state index is 12.7. The van der Waals surface area contributed by atoms with Gasteiger partial charge in [0.15, 0.2) is 0 Å². The Morgan fingerprint density at radius 2 is 2.15 bits per heavy atom. The van der Waals surface area contributed by atoms with Gasteiger partial charge in [0.05, 0.1) is 0 Å². The Balaban J connectivity index is 2.16. The minimum Gasteiger partial charge on any atom is -0.384 e. The first-order chi connectivity index (χ1) is 9.52. The molecule has 1 aromatic rings. The van der Waals surface area contributed by atoms with E-state index in [2.05, 4.69) is 23.2 Å². The van der Waals surface area contributed by atoms with Gasteiger partial charge in [0.25, 0.3) is 5.91 Å².